The lowest BCUT2D eigenvalue weighted by molar-refractivity contribution is -0.205. The molecular formula is C9H6F5NO2. The van der Waals surface area contributed by atoms with Gasteiger partial charge in [0.25, 0.3) is 0 Å². The molecule has 0 fully saturated rings. The van der Waals surface area contributed by atoms with Crippen molar-refractivity contribution in [3.05, 3.63) is 35.4 Å². The number of carboxylic acids is 1. The quantitative estimate of drug-likeness (QED) is 0.791. The van der Waals surface area contributed by atoms with Crippen LogP contribution in [0.25, 0.3) is 0 Å². The number of hydrogen-bond donors (Lipinski definition) is 2. The maximum Gasteiger partial charge on any atom is 0.421 e. The second-order valence-electron chi connectivity index (χ2n) is 3.24. The van der Waals surface area contributed by atoms with Gasteiger partial charge in [0, 0.05) is 11.6 Å². The van der Waals surface area contributed by atoms with E-state index in [1.165, 1.54) is 0 Å². The van der Waals surface area contributed by atoms with Crippen molar-refractivity contribution < 1.29 is 31.9 Å². The molecule has 0 aromatic heterocycles. The van der Waals surface area contributed by atoms with Crippen LogP contribution >= 0.6 is 0 Å². The van der Waals surface area contributed by atoms with E-state index in [2.05, 4.69) is 0 Å². The molecule has 1 aromatic rings. The Morgan fingerprint density at radius 1 is 1.24 bits per heavy atom. The molecule has 0 bridgehead atoms. The number of carbonyl (C=O) groups is 1. The van der Waals surface area contributed by atoms with Crippen LogP contribution in [0.3, 0.4) is 0 Å². The molecule has 0 aliphatic rings. The van der Waals surface area contributed by atoms with Gasteiger partial charge in [-0.3, -0.25) is 0 Å². The zero-order chi connectivity index (χ0) is 13.4. The fourth-order valence-electron chi connectivity index (χ4n) is 1.20. The first kappa shape index (κ1) is 13.4. The standard InChI is InChI=1S/C9H6F5NO2/c10-4-1-2-5(6(11)3-4)8(15,7(16)17)9(12,13)14/h1-3H,15H2,(H,16,17). The molecule has 0 saturated heterocycles. The molecule has 1 rings (SSSR count). The van der Waals surface area contributed by atoms with Crippen molar-refractivity contribution in [1.29, 1.82) is 0 Å². The minimum absolute atomic E-state index is 0.131. The molecule has 1 atom stereocenters. The van der Waals surface area contributed by atoms with E-state index < -0.39 is 34.9 Å². The van der Waals surface area contributed by atoms with E-state index in [0.717, 1.165) is 0 Å². The van der Waals surface area contributed by atoms with Crippen molar-refractivity contribution in [2.24, 2.45) is 5.73 Å². The van der Waals surface area contributed by atoms with Crippen molar-refractivity contribution in [3.8, 4) is 0 Å². The Kier molecular flexibility index (Phi) is 3.11. The Morgan fingerprint density at radius 3 is 2.12 bits per heavy atom. The molecule has 0 aliphatic heterocycles. The molecule has 3 nitrogen and oxygen atoms in total. The molecule has 0 radical (unpaired) electrons. The third kappa shape index (κ3) is 2.07. The smallest absolute Gasteiger partial charge is 0.421 e. The topological polar surface area (TPSA) is 63.3 Å². The Balaban J connectivity index is 3.49. The number of benzene rings is 1. The van der Waals surface area contributed by atoms with E-state index >= 15 is 0 Å². The van der Waals surface area contributed by atoms with Gasteiger partial charge >= 0.3 is 12.1 Å². The fourth-order valence-corrected chi connectivity index (χ4v) is 1.20. The molecule has 0 amide bonds. The zero-order valence-electron chi connectivity index (χ0n) is 8.05. The molecule has 0 spiro atoms. The molecule has 8 heteroatoms. The van der Waals surface area contributed by atoms with Crippen LogP contribution in [-0.4, -0.2) is 17.3 Å². The Labute approximate surface area is 91.6 Å². The molecule has 3 N–H and O–H groups in total. The molecule has 0 heterocycles. The van der Waals surface area contributed by atoms with Gasteiger partial charge in [0.2, 0.25) is 5.54 Å². The van der Waals surface area contributed by atoms with Gasteiger partial charge in [-0.25, -0.2) is 13.6 Å². The van der Waals surface area contributed by atoms with Gasteiger partial charge in [0.1, 0.15) is 11.6 Å². The predicted molar refractivity (Wildman–Crippen MR) is 45.9 cm³/mol. The molecule has 17 heavy (non-hydrogen) atoms. The van der Waals surface area contributed by atoms with Crippen molar-refractivity contribution in [2.45, 2.75) is 11.7 Å². The maximum atomic E-state index is 13.2. The van der Waals surface area contributed by atoms with E-state index in [4.69, 9.17) is 10.8 Å². The lowest BCUT2D eigenvalue weighted by atomic mass is 9.90. The highest BCUT2D eigenvalue weighted by molar-refractivity contribution is 5.81. The summed E-state index contributed by atoms with van der Waals surface area (Å²) < 4.78 is 63.3. The average Bonchev–Trinajstić information content (AvgIpc) is 2.14. The summed E-state index contributed by atoms with van der Waals surface area (Å²) in [5, 5.41) is 8.51. The lowest BCUT2D eigenvalue weighted by Crippen LogP contribution is -2.57. The van der Waals surface area contributed by atoms with Crippen molar-refractivity contribution in [3.63, 3.8) is 0 Å². The summed E-state index contributed by atoms with van der Waals surface area (Å²) >= 11 is 0. The number of halogens is 5. The van der Waals surface area contributed by atoms with E-state index in [-0.39, 0.29) is 6.07 Å². The van der Waals surface area contributed by atoms with E-state index in [1.807, 2.05) is 0 Å². The van der Waals surface area contributed by atoms with Crippen LogP contribution in [0.1, 0.15) is 5.56 Å². The summed E-state index contributed by atoms with van der Waals surface area (Å²) in [6.07, 6.45) is -5.42. The highest BCUT2D eigenvalue weighted by Gasteiger charge is 2.60. The highest BCUT2D eigenvalue weighted by atomic mass is 19.4. The molecule has 0 aliphatic carbocycles. The molecule has 0 saturated carbocycles. The van der Waals surface area contributed by atoms with Crippen LogP contribution in [0.15, 0.2) is 18.2 Å². The molecular weight excluding hydrogens is 249 g/mol. The van der Waals surface area contributed by atoms with E-state index in [1.54, 1.807) is 0 Å². The fraction of sp³-hybridized carbons (Fsp3) is 0.222. The normalized spacial score (nSPS) is 15.4. The monoisotopic (exact) mass is 255 g/mol. The number of hydrogen-bond acceptors (Lipinski definition) is 2. The number of alkyl halides is 3. The number of aliphatic carboxylic acids is 1. The van der Waals surface area contributed by atoms with E-state index in [0.29, 0.717) is 12.1 Å². The van der Waals surface area contributed by atoms with Gasteiger partial charge in [-0.05, 0) is 6.07 Å². The third-order valence-corrected chi connectivity index (χ3v) is 2.14. The molecule has 1 aromatic carbocycles. The van der Waals surface area contributed by atoms with Crippen LogP contribution in [0.5, 0.6) is 0 Å². The second-order valence-corrected chi connectivity index (χ2v) is 3.24. The van der Waals surface area contributed by atoms with Gasteiger partial charge in [0.05, 0.1) is 0 Å². The largest absolute Gasteiger partial charge is 0.479 e. The SMILES string of the molecule is NC(C(=O)O)(c1ccc(F)cc1F)C(F)(F)F. The second kappa shape index (κ2) is 3.95. The predicted octanol–water partition coefficient (Wildman–Crippen LogP) is 1.77. The highest BCUT2D eigenvalue weighted by Crippen LogP contribution is 2.38. The summed E-state index contributed by atoms with van der Waals surface area (Å²) in [5.74, 6) is -5.29. The summed E-state index contributed by atoms with van der Waals surface area (Å²) in [7, 11) is 0. The lowest BCUT2D eigenvalue weighted by Gasteiger charge is -2.27. The maximum absolute atomic E-state index is 13.2. The Bertz CT molecular complexity index is 459. The Morgan fingerprint density at radius 2 is 1.76 bits per heavy atom. The van der Waals surface area contributed by atoms with Crippen molar-refractivity contribution in [2.75, 3.05) is 0 Å². The van der Waals surface area contributed by atoms with Gasteiger partial charge in [-0.2, -0.15) is 13.2 Å². The summed E-state index contributed by atoms with van der Waals surface area (Å²) in [5.41, 5.74) is -0.557. The Hall–Kier alpha value is -1.70. The van der Waals surface area contributed by atoms with Crippen LogP contribution < -0.4 is 5.73 Å². The minimum atomic E-state index is -5.42. The summed E-state index contributed by atoms with van der Waals surface area (Å²) in [4.78, 5) is 10.6. The van der Waals surface area contributed by atoms with Crippen LogP contribution in [-0.2, 0) is 10.3 Å². The van der Waals surface area contributed by atoms with Crippen molar-refractivity contribution >= 4 is 5.97 Å². The van der Waals surface area contributed by atoms with Crippen LogP contribution in [0.2, 0.25) is 0 Å². The van der Waals surface area contributed by atoms with Crippen molar-refractivity contribution in [1.82, 2.24) is 0 Å². The number of carboxylic acid groups (broad SMARTS) is 1. The van der Waals surface area contributed by atoms with E-state index in [9.17, 15) is 26.7 Å². The number of nitrogens with two attached hydrogens (primary N) is 1. The van der Waals surface area contributed by atoms with Crippen LogP contribution in [0.4, 0.5) is 22.0 Å². The first-order chi connectivity index (χ1) is 7.60. The first-order valence-electron chi connectivity index (χ1n) is 4.15. The molecule has 94 valence electrons. The van der Waals surface area contributed by atoms with Gasteiger partial charge < -0.3 is 10.8 Å². The molecule has 1 unspecified atom stereocenters. The summed E-state index contributed by atoms with van der Waals surface area (Å²) in [6.45, 7) is 0. The first-order valence-corrected chi connectivity index (χ1v) is 4.15. The third-order valence-electron chi connectivity index (χ3n) is 2.14. The zero-order valence-corrected chi connectivity index (χ0v) is 8.05. The minimum Gasteiger partial charge on any atom is -0.479 e. The van der Waals surface area contributed by atoms with Gasteiger partial charge in [-0.15, -0.1) is 0 Å². The van der Waals surface area contributed by atoms with Crippen LogP contribution in [0, 0.1) is 11.6 Å². The number of rotatable bonds is 2. The van der Waals surface area contributed by atoms with Gasteiger partial charge in [-0.1, -0.05) is 6.07 Å². The van der Waals surface area contributed by atoms with Gasteiger partial charge in [0.15, 0.2) is 0 Å². The average molecular weight is 255 g/mol. The summed E-state index contributed by atoms with van der Waals surface area (Å²) in [6, 6.07) is 0.979.